The summed E-state index contributed by atoms with van der Waals surface area (Å²) in [5.41, 5.74) is 1.36. The van der Waals surface area contributed by atoms with E-state index < -0.39 is 5.54 Å². The van der Waals surface area contributed by atoms with Gasteiger partial charge in [0.15, 0.2) is 5.11 Å². The molecule has 3 fully saturated rings. The van der Waals surface area contributed by atoms with Crippen molar-refractivity contribution in [1.82, 2.24) is 14.7 Å². The Bertz CT molecular complexity index is 1090. The number of unbranched alkanes of at least 4 members (excludes halogenated alkanes) is 5. The maximum atomic E-state index is 13.3. The van der Waals surface area contributed by atoms with E-state index in [9.17, 15) is 14.4 Å². The number of fused-ring (bicyclic) bond motifs is 1. The van der Waals surface area contributed by atoms with E-state index in [1.54, 1.807) is 17.0 Å². The maximum Gasteiger partial charge on any atom is 0.338 e. The van der Waals surface area contributed by atoms with Crippen LogP contribution in [-0.2, 0) is 20.9 Å². The molecule has 0 unspecified atom stereocenters. The zero-order valence-electron chi connectivity index (χ0n) is 22.7. The number of carbonyl (C=O) groups is 3. The molecule has 1 aliphatic carbocycles. The van der Waals surface area contributed by atoms with Crippen molar-refractivity contribution in [1.29, 1.82) is 0 Å². The molecule has 0 N–H and O–H groups in total. The van der Waals surface area contributed by atoms with E-state index in [2.05, 4.69) is 9.80 Å². The van der Waals surface area contributed by atoms with Crippen LogP contribution < -0.4 is 4.90 Å². The second-order valence-corrected chi connectivity index (χ2v) is 12.0. The second kappa shape index (κ2) is 11.3. The molecule has 1 aromatic carbocycles. The Morgan fingerprint density at radius 3 is 2.32 bits per heavy atom. The Kier molecular flexibility index (Phi) is 8.05. The molecule has 2 amide bonds. The third-order valence-electron chi connectivity index (χ3n) is 8.47. The number of cyclic esters (lactones) is 1. The van der Waals surface area contributed by atoms with Crippen molar-refractivity contribution in [2.24, 2.45) is 5.92 Å². The summed E-state index contributed by atoms with van der Waals surface area (Å²) in [6.45, 7) is 9.80. The largest absolute Gasteiger partial charge is 0.457 e. The number of hydrogen-bond acceptors (Lipinski definition) is 6. The summed E-state index contributed by atoms with van der Waals surface area (Å²) in [6.07, 6.45) is 9.13. The van der Waals surface area contributed by atoms with Crippen molar-refractivity contribution < 1.29 is 19.1 Å². The van der Waals surface area contributed by atoms with Crippen LogP contribution in [0.3, 0.4) is 0 Å². The number of anilines is 1. The number of benzene rings is 1. The molecular weight excluding hydrogens is 500 g/mol. The standard InChI is InChI=1S/C29H40N4O4S/c1-29(2)27(36)33(23-11-12-24-22(19-23)20-37-26(24)35)28(38)32(29)14-8-6-4-3-5-7-13-30-15-17-31(18-16-30)25(34)21-9-10-21/h11-12,19,21H,3-10,13-18,20H2,1-2H3. The average Bonchev–Trinajstić information content (AvgIpc) is 3.67. The van der Waals surface area contributed by atoms with Gasteiger partial charge in [-0.3, -0.25) is 19.4 Å². The van der Waals surface area contributed by atoms with Gasteiger partial charge in [0.2, 0.25) is 5.91 Å². The summed E-state index contributed by atoms with van der Waals surface area (Å²) in [7, 11) is 0. The molecule has 38 heavy (non-hydrogen) atoms. The highest BCUT2D eigenvalue weighted by Gasteiger charge is 2.49. The molecule has 3 aliphatic heterocycles. The molecular formula is C29H40N4O4S. The highest BCUT2D eigenvalue weighted by atomic mass is 32.1. The van der Waals surface area contributed by atoms with Crippen LogP contribution in [0.4, 0.5) is 5.69 Å². The molecule has 5 rings (SSSR count). The first kappa shape index (κ1) is 27.1. The number of ether oxygens (including phenoxy) is 1. The fraction of sp³-hybridized carbons (Fsp3) is 0.655. The van der Waals surface area contributed by atoms with Crippen molar-refractivity contribution >= 4 is 40.8 Å². The minimum atomic E-state index is -0.699. The molecule has 0 bridgehead atoms. The lowest BCUT2D eigenvalue weighted by atomic mass is 10.0. The molecule has 0 spiro atoms. The number of piperazine rings is 1. The molecule has 206 valence electrons. The lowest BCUT2D eigenvalue weighted by Crippen LogP contribution is -2.49. The predicted octanol–water partition coefficient (Wildman–Crippen LogP) is 3.96. The van der Waals surface area contributed by atoms with Crippen LogP contribution >= 0.6 is 12.2 Å². The summed E-state index contributed by atoms with van der Waals surface area (Å²) in [6, 6.07) is 5.35. The molecule has 0 aromatic heterocycles. The van der Waals surface area contributed by atoms with Gasteiger partial charge < -0.3 is 14.5 Å². The summed E-state index contributed by atoms with van der Waals surface area (Å²) in [4.78, 5) is 45.5. The minimum absolute atomic E-state index is 0.0366. The normalized spacial score (nSPS) is 21.3. The van der Waals surface area contributed by atoms with Crippen LogP contribution in [-0.4, -0.2) is 82.4 Å². The Morgan fingerprint density at radius 1 is 0.974 bits per heavy atom. The zero-order valence-corrected chi connectivity index (χ0v) is 23.6. The van der Waals surface area contributed by atoms with Crippen LogP contribution in [0.5, 0.6) is 0 Å². The van der Waals surface area contributed by atoms with Crippen molar-refractivity contribution in [2.45, 2.75) is 77.4 Å². The third kappa shape index (κ3) is 5.59. The first-order valence-electron chi connectivity index (χ1n) is 14.2. The fourth-order valence-corrected chi connectivity index (χ4v) is 6.30. The molecule has 0 radical (unpaired) electrons. The van der Waals surface area contributed by atoms with Gasteiger partial charge in [0.1, 0.15) is 12.1 Å². The van der Waals surface area contributed by atoms with Gasteiger partial charge in [0, 0.05) is 44.2 Å². The predicted molar refractivity (Wildman–Crippen MR) is 150 cm³/mol. The Labute approximate surface area is 231 Å². The van der Waals surface area contributed by atoms with E-state index in [-0.39, 0.29) is 18.5 Å². The first-order valence-corrected chi connectivity index (χ1v) is 14.7. The summed E-state index contributed by atoms with van der Waals surface area (Å²) >= 11 is 5.76. The minimum Gasteiger partial charge on any atom is -0.457 e. The van der Waals surface area contributed by atoms with Gasteiger partial charge in [-0.1, -0.05) is 25.7 Å². The van der Waals surface area contributed by atoms with Crippen LogP contribution in [0.2, 0.25) is 0 Å². The van der Waals surface area contributed by atoms with E-state index in [1.165, 1.54) is 25.7 Å². The van der Waals surface area contributed by atoms with E-state index in [0.29, 0.717) is 28.2 Å². The lowest BCUT2D eigenvalue weighted by molar-refractivity contribution is -0.134. The van der Waals surface area contributed by atoms with E-state index >= 15 is 0 Å². The molecule has 1 aromatic rings. The SMILES string of the molecule is CC1(C)C(=O)N(c2ccc3c(c2)COC3=O)C(=S)N1CCCCCCCCN1CCN(C(=O)C2CC2)CC1. The smallest absolute Gasteiger partial charge is 0.338 e. The topological polar surface area (TPSA) is 73.4 Å². The molecule has 4 aliphatic rings. The number of carbonyl (C=O) groups excluding carboxylic acids is 3. The van der Waals surface area contributed by atoms with Crippen LogP contribution in [0, 0.1) is 5.92 Å². The van der Waals surface area contributed by atoms with Gasteiger partial charge in [-0.2, -0.15) is 0 Å². The number of rotatable bonds is 11. The van der Waals surface area contributed by atoms with Crippen LogP contribution in [0.1, 0.15) is 81.1 Å². The van der Waals surface area contributed by atoms with Gasteiger partial charge in [-0.25, -0.2) is 4.79 Å². The fourth-order valence-electron chi connectivity index (χ4n) is 5.79. The Morgan fingerprint density at radius 2 is 1.63 bits per heavy atom. The second-order valence-electron chi connectivity index (χ2n) is 11.6. The van der Waals surface area contributed by atoms with Crippen molar-refractivity contribution in [3.05, 3.63) is 29.3 Å². The maximum absolute atomic E-state index is 13.3. The monoisotopic (exact) mass is 540 g/mol. The molecule has 0 atom stereocenters. The molecule has 3 heterocycles. The number of hydrogen-bond donors (Lipinski definition) is 0. The highest BCUT2D eigenvalue weighted by molar-refractivity contribution is 7.80. The Balaban J connectivity index is 0.995. The highest BCUT2D eigenvalue weighted by Crippen LogP contribution is 2.35. The van der Waals surface area contributed by atoms with Gasteiger partial charge >= 0.3 is 5.97 Å². The van der Waals surface area contributed by atoms with E-state index in [0.717, 1.165) is 70.5 Å². The average molecular weight is 541 g/mol. The van der Waals surface area contributed by atoms with Gasteiger partial charge in [-0.05, 0) is 76.5 Å². The van der Waals surface area contributed by atoms with Crippen molar-refractivity contribution in [3.8, 4) is 0 Å². The summed E-state index contributed by atoms with van der Waals surface area (Å²) in [5.74, 6) is 0.367. The number of esters is 1. The molecule has 2 saturated heterocycles. The summed E-state index contributed by atoms with van der Waals surface area (Å²) in [5, 5.41) is 0.532. The van der Waals surface area contributed by atoms with E-state index in [4.69, 9.17) is 17.0 Å². The molecule has 1 saturated carbocycles. The van der Waals surface area contributed by atoms with Crippen LogP contribution in [0.25, 0.3) is 0 Å². The number of nitrogens with zero attached hydrogens (tertiary/aromatic N) is 4. The van der Waals surface area contributed by atoms with Gasteiger partial charge in [-0.15, -0.1) is 0 Å². The van der Waals surface area contributed by atoms with Gasteiger partial charge in [0.05, 0.1) is 11.3 Å². The van der Waals surface area contributed by atoms with Crippen molar-refractivity contribution in [2.75, 3.05) is 44.2 Å². The van der Waals surface area contributed by atoms with Crippen LogP contribution in [0.15, 0.2) is 18.2 Å². The quantitative estimate of drug-likeness (QED) is 0.239. The number of thiocarbonyl (C=S) groups is 1. The number of amides is 2. The Hall–Kier alpha value is -2.52. The zero-order chi connectivity index (χ0) is 26.9. The third-order valence-corrected chi connectivity index (χ3v) is 8.87. The van der Waals surface area contributed by atoms with Gasteiger partial charge in [0.25, 0.3) is 5.91 Å². The first-order chi connectivity index (χ1) is 18.3. The lowest BCUT2D eigenvalue weighted by Gasteiger charge is -2.34. The van der Waals surface area contributed by atoms with Crippen molar-refractivity contribution in [3.63, 3.8) is 0 Å². The molecule has 8 nitrogen and oxygen atoms in total. The molecule has 9 heteroatoms. The van der Waals surface area contributed by atoms with E-state index in [1.807, 2.05) is 24.8 Å². The summed E-state index contributed by atoms with van der Waals surface area (Å²) < 4.78 is 5.11.